The molecule has 33 heavy (non-hydrogen) atoms. The molecule has 6 nitrogen and oxygen atoms in total. The lowest BCUT2D eigenvalue weighted by Gasteiger charge is -2.29. The van der Waals surface area contributed by atoms with Crippen LogP contribution in [0.1, 0.15) is 43.2 Å². The molecule has 2 N–H and O–H groups in total. The molecule has 0 saturated heterocycles. The number of alkyl halides is 3. The SMILES string of the molecule is O=C(NCCCCCCNS(=O)(=O)c1ccccc1C(F)(F)F)N1CCCc2ccccc21. The van der Waals surface area contributed by atoms with Crippen LogP contribution in [0.4, 0.5) is 23.7 Å². The number of anilines is 1. The minimum Gasteiger partial charge on any atom is -0.338 e. The third-order valence-electron chi connectivity index (χ3n) is 5.51. The van der Waals surface area contributed by atoms with Crippen molar-refractivity contribution in [3.8, 4) is 0 Å². The highest BCUT2D eigenvalue weighted by atomic mass is 32.2. The normalized spacial score (nSPS) is 14.1. The number of halogens is 3. The first-order chi connectivity index (χ1) is 15.7. The first-order valence-corrected chi connectivity index (χ1v) is 12.5. The maximum Gasteiger partial charge on any atom is 0.417 e. The molecule has 10 heteroatoms. The summed E-state index contributed by atoms with van der Waals surface area (Å²) in [6, 6.07) is 11.9. The van der Waals surface area contributed by atoms with Gasteiger partial charge in [0, 0.05) is 25.3 Å². The highest BCUT2D eigenvalue weighted by Crippen LogP contribution is 2.33. The quantitative estimate of drug-likeness (QED) is 0.507. The molecule has 0 saturated carbocycles. The molecular formula is C23H28F3N3O3S. The van der Waals surface area contributed by atoms with Crippen molar-refractivity contribution >= 4 is 21.7 Å². The van der Waals surface area contributed by atoms with Crippen molar-refractivity contribution < 1.29 is 26.4 Å². The van der Waals surface area contributed by atoms with Gasteiger partial charge in [-0.15, -0.1) is 0 Å². The third kappa shape index (κ3) is 6.70. The van der Waals surface area contributed by atoms with Crippen LogP contribution in [0, 0.1) is 0 Å². The minimum absolute atomic E-state index is 0.0471. The van der Waals surface area contributed by atoms with Crippen LogP contribution in [0.15, 0.2) is 53.4 Å². The van der Waals surface area contributed by atoms with Crippen molar-refractivity contribution in [2.75, 3.05) is 24.5 Å². The molecule has 0 aliphatic carbocycles. The summed E-state index contributed by atoms with van der Waals surface area (Å²) in [6.07, 6.45) is -0.194. The molecule has 1 aliphatic rings. The largest absolute Gasteiger partial charge is 0.417 e. The van der Waals surface area contributed by atoms with Crippen LogP contribution < -0.4 is 14.9 Å². The zero-order valence-electron chi connectivity index (χ0n) is 18.2. The zero-order chi connectivity index (χ0) is 23.9. The number of hydrogen-bond donors (Lipinski definition) is 2. The molecule has 1 heterocycles. The lowest BCUT2D eigenvalue weighted by Crippen LogP contribution is -2.43. The Kier molecular flexibility index (Phi) is 8.36. The summed E-state index contributed by atoms with van der Waals surface area (Å²) in [7, 11) is -4.25. The van der Waals surface area contributed by atoms with Crippen LogP contribution >= 0.6 is 0 Å². The molecule has 2 aromatic rings. The summed E-state index contributed by atoms with van der Waals surface area (Å²) in [5, 5.41) is 2.92. The van der Waals surface area contributed by atoms with E-state index in [0.29, 0.717) is 25.9 Å². The molecule has 2 aromatic carbocycles. The molecule has 2 amide bonds. The number of hydrogen-bond acceptors (Lipinski definition) is 3. The number of carbonyl (C=O) groups excluding carboxylic acids is 1. The van der Waals surface area contributed by atoms with E-state index in [2.05, 4.69) is 10.0 Å². The predicted molar refractivity (Wildman–Crippen MR) is 121 cm³/mol. The van der Waals surface area contributed by atoms with Gasteiger partial charge >= 0.3 is 12.2 Å². The van der Waals surface area contributed by atoms with Gasteiger partial charge in [-0.05, 0) is 49.4 Å². The zero-order valence-corrected chi connectivity index (χ0v) is 19.0. The Hall–Kier alpha value is -2.59. The standard InChI is InChI=1S/C23H28F3N3O3S/c24-23(25,26)19-12-4-6-14-21(19)33(31,32)28-16-8-2-1-7-15-27-22(30)29-17-9-11-18-10-3-5-13-20(18)29/h3-6,10,12-14,28H,1-2,7-9,11,15-17H2,(H,27,30). The Morgan fingerprint density at radius 3 is 2.36 bits per heavy atom. The van der Waals surface area contributed by atoms with E-state index >= 15 is 0 Å². The van der Waals surface area contributed by atoms with Crippen LogP contribution in [0.5, 0.6) is 0 Å². The molecule has 3 rings (SSSR count). The van der Waals surface area contributed by atoms with E-state index in [4.69, 9.17) is 0 Å². The van der Waals surface area contributed by atoms with E-state index in [1.54, 1.807) is 4.90 Å². The molecule has 180 valence electrons. The van der Waals surface area contributed by atoms with Crippen LogP contribution in [0.2, 0.25) is 0 Å². The minimum atomic E-state index is -4.74. The summed E-state index contributed by atoms with van der Waals surface area (Å²) in [6.45, 7) is 1.23. The van der Waals surface area contributed by atoms with Crippen LogP contribution in [-0.2, 0) is 22.6 Å². The van der Waals surface area contributed by atoms with E-state index in [1.807, 2.05) is 24.3 Å². The topological polar surface area (TPSA) is 78.5 Å². The third-order valence-corrected chi connectivity index (χ3v) is 7.03. The number of amides is 2. The maximum atomic E-state index is 13.1. The molecule has 0 fully saturated rings. The number of aryl methyl sites for hydroxylation is 1. The van der Waals surface area contributed by atoms with E-state index < -0.39 is 26.7 Å². The summed E-state index contributed by atoms with van der Waals surface area (Å²) in [5.74, 6) is 0. The van der Waals surface area contributed by atoms with Crippen LogP contribution in [0.3, 0.4) is 0 Å². The summed E-state index contributed by atoms with van der Waals surface area (Å²) in [5.41, 5.74) is 0.935. The van der Waals surface area contributed by atoms with E-state index in [-0.39, 0.29) is 12.6 Å². The fourth-order valence-electron chi connectivity index (χ4n) is 3.86. The smallest absolute Gasteiger partial charge is 0.338 e. The molecule has 0 bridgehead atoms. The second-order valence-electron chi connectivity index (χ2n) is 7.92. The number of unbranched alkanes of at least 4 members (excludes halogenated alkanes) is 3. The van der Waals surface area contributed by atoms with Gasteiger partial charge in [-0.2, -0.15) is 13.2 Å². The van der Waals surface area contributed by atoms with Gasteiger partial charge in [0.25, 0.3) is 0 Å². The number of rotatable bonds is 9. The van der Waals surface area contributed by atoms with Gasteiger partial charge in [-0.25, -0.2) is 17.9 Å². The number of nitrogens with one attached hydrogen (secondary N) is 2. The van der Waals surface area contributed by atoms with Gasteiger partial charge in [-0.3, -0.25) is 4.90 Å². The van der Waals surface area contributed by atoms with Crippen molar-refractivity contribution in [1.82, 2.24) is 10.0 Å². The number of nitrogens with zero attached hydrogens (tertiary/aromatic N) is 1. The van der Waals surface area contributed by atoms with Crippen molar-refractivity contribution in [3.63, 3.8) is 0 Å². The van der Waals surface area contributed by atoms with Crippen molar-refractivity contribution in [3.05, 3.63) is 59.7 Å². The monoisotopic (exact) mass is 483 g/mol. The Balaban J connectivity index is 1.36. The number of sulfonamides is 1. The van der Waals surface area contributed by atoms with Gasteiger partial charge in [0.05, 0.1) is 10.5 Å². The van der Waals surface area contributed by atoms with Crippen molar-refractivity contribution in [1.29, 1.82) is 0 Å². The summed E-state index contributed by atoms with van der Waals surface area (Å²) < 4.78 is 66.0. The average molecular weight is 484 g/mol. The highest BCUT2D eigenvalue weighted by Gasteiger charge is 2.36. The predicted octanol–water partition coefficient (Wildman–Crippen LogP) is 4.71. The van der Waals surface area contributed by atoms with Gasteiger partial charge in [-0.1, -0.05) is 43.2 Å². The molecular weight excluding hydrogens is 455 g/mol. The van der Waals surface area contributed by atoms with Crippen LogP contribution in [-0.4, -0.2) is 34.1 Å². The molecule has 0 radical (unpaired) electrons. The second kappa shape index (κ2) is 11.0. The molecule has 0 atom stereocenters. The van der Waals surface area contributed by atoms with E-state index in [9.17, 15) is 26.4 Å². The summed E-state index contributed by atoms with van der Waals surface area (Å²) in [4.78, 5) is 13.5. The highest BCUT2D eigenvalue weighted by molar-refractivity contribution is 7.89. The fraction of sp³-hybridized carbons (Fsp3) is 0.435. The van der Waals surface area contributed by atoms with Crippen LogP contribution in [0.25, 0.3) is 0 Å². The summed E-state index contributed by atoms with van der Waals surface area (Å²) >= 11 is 0. The number of urea groups is 1. The number of para-hydroxylation sites is 1. The molecule has 0 aromatic heterocycles. The molecule has 1 aliphatic heterocycles. The number of carbonyl (C=O) groups is 1. The second-order valence-corrected chi connectivity index (χ2v) is 9.66. The fourth-order valence-corrected chi connectivity index (χ4v) is 5.16. The first-order valence-electron chi connectivity index (χ1n) is 11.0. The number of benzene rings is 2. The van der Waals surface area contributed by atoms with Crippen molar-refractivity contribution in [2.24, 2.45) is 0 Å². The molecule has 0 spiro atoms. The van der Waals surface area contributed by atoms with Gasteiger partial charge < -0.3 is 5.32 Å². The Labute approximate surface area is 192 Å². The lowest BCUT2D eigenvalue weighted by molar-refractivity contribution is -0.139. The number of fused-ring (bicyclic) bond motifs is 1. The van der Waals surface area contributed by atoms with Crippen molar-refractivity contribution in [2.45, 2.75) is 49.6 Å². The Morgan fingerprint density at radius 1 is 0.939 bits per heavy atom. The maximum absolute atomic E-state index is 13.1. The van der Waals surface area contributed by atoms with E-state index in [1.165, 1.54) is 11.6 Å². The van der Waals surface area contributed by atoms with Gasteiger partial charge in [0.15, 0.2) is 0 Å². The van der Waals surface area contributed by atoms with Gasteiger partial charge in [0.1, 0.15) is 0 Å². The van der Waals surface area contributed by atoms with E-state index in [0.717, 1.165) is 49.6 Å². The first kappa shape index (κ1) is 25.0. The average Bonchev–Trinajstić information content (AvgIpc) is 2.79. The molecule has 0 unspecified atom stereocenters. The lowest BCUT2D eigenvalue weighted by atomic mass is 10.0. The van der Waals surface area contributed by atoms with Gasteiger partial charge in [0.2, 0.25) is 10.0 Å². The Morgan fingerprint density at radius 2 is 1.61 bits per heavy atom. The Bertz CT molecular complexity index is 1060.